The van der Waals surface area contributed by atoms with Crippen LogP contribution in [0.2, 0.25) is 0 Å². The van der Waals surface area contributed by atoms with Crippen LogP contribution in [0.25, 0.3) is 0 Å². The molecule has 1 aromatic rings. The van der Waals surface area contributed by atoms with Gasteiger partial charge < -0.3 is 25.5 Å². The fourth-order valence-corrected chi connectivity index (χ4v) is 5.76. The van der Waals surface area contributed by atoms with Crippen LogP contribution < -0.4 is 11.1 Å². The van der Waals surface area contributed by atoms with Gasteiger partial charge in [-0.05, 0) is 74.0 Å². The van der Waals surface area contributed by atoms with Crippen LogP contribution in [-0.2, 0) is 20.2 Å². The summed E-state index contributed by atoms with van der Waals surface area (Å²) in [5.41, 5.74) is 10.2. The van der Waals surface area contributed by atoms with Gasteiger partial charge in [-0.15, -0.1) is 0 Å². The molecule has 0 saturated carbocycles. The smallest absolute Gasteiger partial charge is 0.270 e. The van der Waals surface area contributed by atoms with E-state index in [1.807, 2.05) is 33.0 Å². The molecule has 0 spiro atoms. The molecule has 2 rings (SSSR count). The summed E-state index contributed by atoms with van der Waals surface area (Å²) in [7, 11) is 1.56. The molecule has 300 valence electrons. The van der Waals surface area contributed by atoms with Gasteiger partial charge in [-0.2, -0.15) is 0 Å². The van der Waals surface area contributed by atoms with E-state index >= 15 is 0 Å². The van der Waals surface area contributed by atoms with Crippen molar-refractivity contribution in [1.29, 1.82) is 0 Å². The number of nitrogens with two attached hydrogens (primary N) is 1. The Morgan fingerprint density at radius 1 is 1.06 bits per heavy atom. The molecule has 0 aromatic carbocycles. The van der Waals surface area contributed by atoms with Gasteiger partial charge in [-0.25, -0.2) is 18.8 Å². The minimum atomic E-state index is -3.07. The standard InChI is InChI=1S/C40H59F2N5O2.C4H8O/c1-12-16-17-31(24-26(5)13-2)29(8)47-23-22-45-38(43)37(47)36(28(7)15-4)34(30(9)49-11)19-18-33(27(6)14-3)39(48)46-35-25-32(20-21-44-35)40(10,41)42;1-3-4(2)5/h18-23,25-28,31H,8-9,12-17,24H2,1-7,10-11H3,(H2,43,45)(H,44,46,48);3H2,1-2H3/b33-18+,34-19+,37-36+;. The Labute approximate surface area is 324 Å². The summed E-state index contributed by atoms with van der Waals surface area (Å²) in [5, 5.41) is 2.73. The van der Waals surface area contributed by atoms with E-state index in [2.05, 4.69) is 68.0 Å². The Morgan fingerprint density at radius 3 is 2.20 bits per heavy atom. The fourth-order valence-electron chi connectivity index (χ4n) is 5.76. The first-order chi connectivity index (χ1) is 25.4. The van der Waals surface area contributed by atoms with Crippen molar-refractivity contribution in [3.05, 3.63) is 95.5 Å². The first-order valence-electron chi connectivity index (χ1n) is 19.4. The van der Waals surface area contributed by atoms with E-state index in [-0.39, 0.29) is 34.9 Å². The average Bonchev–Trinajstić information content (AvgIpc) is 3.15. The van der Waals surface area contributed by atoms with Crippen LogP contribution in [0.4, 0.5) is 14.6 Å². The number of aliphatic imine (C=N–C) groups is 1. The molecule has 3 N–H and O–H groups in total. The number of hydrogen-bond donors (Lipinski definition) is 2. The number of rotatable bonds is 20. The molecule has 1 amide bonds. The monoisotopic (exact) mass is 752 g/mol. The lowest BCUT2D eigenvalue weighted by Gasteiger charge is -2.36. The normalized spacial score (nSPS) is 16.6. The number of amides is 1. The van der Waals surface area contributed by atoms with Gasteiger partial charge in [0.05, 0.1) is 12.8 Å². The highest BCUT2D eigenvalue weighted by Gasteiger charge is 2.31. The first-order valence-corrected chi connectivity index (χ1v) is 19.4. The van der Waals surface area contributed by atoms with Gasteiger partial charge in [0.15, 0.2) is 0 Å². The van der Waals surface area contributed by atoms with E-state index in [1.54, 1.807) is 26.3 Å². The van der Waals surface area contributed by atoms with Crippen molar-refractivity contribution in [2.45, 2.75) is 127 Å². The Morgan fingerprint density at radius 2 is 1.69 bits per heavy atom. The van der Waals surface area contributed by atoms with Crippen molar-refractivity contribution < 1.29 is 23.1 Å². The number of allylic oxidation sites excluding steroid dienone is 4. The molecule has 1 aliphatic rings. The van der Waals surface area contributed by atoms with Crippen molar-refractivity contribution >= 4 is 23.3 Å². The summed E-state index contributed by atoms with van der Waals surface area (Å²) in [6.07, 6.45) is 15.9. The van der Waals surface area contributed by atoms with Gasteiger partial charge in [-0.3, -0.25) is 4.79 Å². The molecule has 2 heterocycles. The number of Topliss-reactive ketones (excluding diaryl/α,β-unsaturated/α-hetero) is 1. The zero-order valence-corrected chi connectivity index (χ0v) is 34.8. The first kappa shape index (κ1) is 47.7. The number of nitrogens with zero attached hydrogens (tertiary/aromatic N) is 3. The molecule has 10 heteroatoms. The number of alkyl halides is 2. The third-order valence-corrected chi connectivity index (χ3v) is 10.0. The molecular weight excluding hydrogens is 685 g/mol. The number of pyridine rings is 1. The summed E-state index contributed by atoms with van der Waals surface area (Å²) in [6, 6.07) is 2.43. The van der Waals surface area contributed by atoms with E-state index in [0.717, 1.165) is 62.4 Å². The number of methoxy groups -OCH3 is 1. The highest BCUT2D eigenvalue weighted by Crippen LogP contribution is 2.38. The van der Waals surface area contributed by atoms with Gasteiger partial charge >= 0.3 is 0 Å². The lowest BCUT2D eigenvalue weighted by molar-refractivity contribution is -0.116. The number of aromatic nitrogens is 1. The number of amidine groups is 1. The van der Waals surface area contributed by atoms with Gasteiger partial charge in [-0.1, -0.05) is 100.0 Å². The van der Waals surface area contributed by atoms with Crippen LogP contribution in [0, 0.1) is 23.7 Å². The maximum Gasteiger partial charge on any atom is 0.270 e. The van der Waals surface area contributed by atoms with Gasteiger partial charge in [0.25, 0.3) is 11.8 Å². The third-order valence-electron chi connectivity index (χ3n) is 10.0. The van der Waals surface area contributed by atoms with Crippen LogP contribution in [0.15, 0.2) is 94.9 Å². The van der Waals surface area contributed by atoms with E-state index < -0.39 is 11.8 Å². The van der Waals surface area contributed by atoms with Crippen LogP contribution in [0.1, 0.15) is 126 Å². The SMILES string of the molecule is C=C(OC)C(=C\C=C(\C(=O)Nc1cc(C(C)(F)F)ccn1)C(C)CC)/C(=C1\C(N)=NC=CN1C(=C)C(CCCC)CC(C)CC)C(C)CC.CCC(C)=O. The van der Waals surface area contributed by atoms with Crippen molar-refractivity contribution in [2.24, 2.45) is 34.4 Å². The summed E-state index contributed by atoms with van der Waals surface area (Å²) in [6.45, 7) is 28.0. The topological polar surface area (TPSA) is 110 Å². The second-order valence-corrected chi connectivity index (χ2v) is 14.3. The summed E-state index contributed by atoms with van der Waals surface area (Å²) in [4.78, 5) is 34.2. The zero-order valence-electron chi connectivity index (χ0n) is 34.8. The summed E-state index contributed by atoms with van der Waals surface area (Å²) in [5.74, 6) is -1.83. The van der Waals surface area contributed by atoms with Crippen LogP contribution in [0.3, 0.4) is 0 Å². The van der Waals surface area contributed by atoms with Gasteiger partial charge in [0.2, 0.25) is 0 Å². The average molecular weight is 752 g/mol. The number of carbonyl (C=O) groups excluding carboxylic acids is 2. The number of anilines is 1. The minimum absolute atomic E-state index is 0.00992. The highest BCUT2D eigenvalue weighted by atomic mass is 19.3. The van der Waals surface area contributed by atoms with Crippen LogP contribution >= 0.6 is 0 Å². The largest absolute Gasteiger partial charge is 0.497 e. The number of unbranched alkanes of at least 4 members (excludes halogenated alkanes) is 1. The molecule has 0 saturated heterocycles. The lowest BCUT2D eigenvalue weighted by Crippen LogP contribution is -2.34. The molecule has 8 nitrogen and oxygen atoms in total. The Balaban J connectivity index is 0.00000272. The summed E-state index contributed by atoms with van der Waals surface area (Å²) >= 11 is 0. The highest BCUT2D eigenvalue weighted by molar-refractivity contribution is 6.04. The second-order valence-electron chi connectivity index (χ2n) is 14.3. The maximum absolute atomic E-state index is 14.0. The molecule has 54 heavy (non-hydrogen) atoms. The van der Waals surface area contributed by atoms with E-state index in [4.69, 9.17) is 10.5 Å². The van der Waals surface area contributed by atoms with Crippen molar-refractivity contribution in [1.82, 2.24) is 9.88 Å². The predicted octanol–water partition coefficient (Wildman–Crippen LogP) is 11.4. The third kappa shape index (κ3) is 14.5. The fraction of sp³-hybridized carbons (Fsp3) is 0.545. The van der Waals surface area contributed by atoms with Crippen molar-refractivity contribution in [2.75, 3.05) is 12.4 Å². The minimum Gasteiger partial charge on any atom is -0.497 e. The number of hydrogen-bond acceptors (Lipinski definition) is 7. The molecule has 4 atom stereocenters. The molecule has 1 aliphatic heterocycles. The quantitative estimate of drug-likeness (QED) is 0.0780. The predicted molar refractivity (Wildman–Crippen MR) is 220 cm³/mol. The van der Waals surface area contributed by atoms with Gasteiger partial charge in [0.1, 0.15) is 23.2 Å². The van der Waals surface area contributed by atoms with Gasteiger partial charge in [0, 0.05) is 54.3 Å². The van der Waals surface area contributed by atoms with Crippen molar-refractivity contribution in [3.63, 3.8) is 0 Å². The molecule has 0 aliphatic carbocycles. The second kappa shape index (κ2) is 23.4. The number of ether oxygens (including phenoxy) is 1. The van der Waals surface area contributed by atoms with Crippen LogP contribution in [-0.4, -0.2) is 34.5 Å². The molecule has 0 bridgehead atoms. The van der Waals surface area contributed by atoms with E-state index in [9.17, 15) is 18.4 Å². The Bertz CT molecular complexity index is 1580. The number of nitrogens with one attached hydrogen (secondary N) is 1. The zero-order chi connectivity index (χ0) is 41.2. The number of carbonyl (C=O) groups is 2. The lowest BCUT2D eigenvalue weighted by atomic mass is 9.85. The molecule has 0 radical (unpaired) electrons. The van der Waals surface area contributed by atoms with E-state index in [1.165, 1.54) is 18.3 Å². The molecule has 0 fully saturated rings. The maximum atomic E-state index is 14.0. The molecule has 1 aromatic heterocycles. The Kier molecular flexibility index (Phi) is 20.7. The number of ketones is 1. The van der Waals surface area contributed by atoms with Crippen molar-refractivity contribution in [3.8, 4) is 0 Å². The van der Waals surface area contributed by atoms with E-state index in [0.29, 0.717) is 41.5 Å². The van der Waals surface area contributed by atoms with Crippen LogP contribution in [0.5, 0.6) is 0 Å². The molecular formula is C44H67F2N5O3. The number of halogens is 2. The summed E-state index contributed by atoms with van der Waals surface area (Å²) < 4.78 is 33.8. The molecule has 4 unspecified atom stereocenters. The Hall–Kier alpha value is -4.34.